The fourth-order valence-electron chi connectivity index (χ4n) is 3.26. The zero-order valence-corrected chi connectivity index (χ0v) is 22.7. The van der Waals surface area contributed by atoms with E-state index < -0.39 is 28.5 Å². The van der Waals surface area contributed by atoms with Crippen LogP contribution < -0.4 is 14.4 Å². The minimum Gasteiger partial charge on any atom is -0.497 e. The van der Waals surface area contributed by atoms with Crippen LogP contribution in [0.4, 0.5) is 5.69 Å². The fourth-order valence-corrected chi connectivity index (χ4v) is 4.57. The van der Waals surface area contributed by atoms with Crippen LogP contribution in [0.15, 0.2) is 42.5 Å². The van der Waals surface area contributed by atoms with Gasteiger partial charge in [0.1, 0.15) is 18.3 Å². The number of sulfonamides is 1. The molecule has 11 heteroatoms. The minimum absolute atomic E-state index is 0.0142. The van der Waals surface area contributed by atoms with Gasteiger partial charge in [-0.25, -0.2) is 8.42 Å². The van der Waals surface area contributed by atoms with Crippen LogP contribution >= 0.6 is 23.2 Å². The van der Waals surface area contributed by atoms with Crippen LogP contribution in [0.2, 0.25) is 10.0 Å². The zero-order chi connectivity index (χ0) is 26.3. The van der Waals surface area contributed by atoms with E-state index in [1.807, 2.05) is 13.8 Å². The maximum atomic E-state index is 13.6. The number of halogens is 2. The van der Waals surface area contributed by atoms with Gasteiger partial charge in [-0.2, -0.15) is 0 Å². The predicted octanol–water partition coefficient (Wildman–Crippen LogP) is 4.10. The van der Waals surface area contributed by atoms with Gasteiger partial charge in [0.2, 0.25) is 21.8 Å². The number of amides is 2. The van der Waals surface area contributed by atoms with Crippen LogP contribution in [0, 0.1) is 0 Å². The second kappa shape index (κ2) is 12.5. The quantitative estimate of drug-likeness (QED) is 0.460. The molecular formula is C24H31Cl2N3O5S. The summed E-state index contributed by atoms with van der Waals surface area (Å²) < 4.78 is 31.4. The molecule has 0 fully saturated rings. The number of anilines is 1. The van der Waals surface area contributed by atoms with E-state index in [-0.39, 0.29) is 24.2 Å². The highest BCUT2D eigenvalue weighted by Gasteiger charge is 2.31. The zero-order valence-electron chi connectivity index (χ0n) is 20.4. The molecule has 0 aliphatic carbocycles. The van der Waals surface area contributed by atoms with Gasteiger partial charge in [0.05, 0.1) is 19.1 Å². The van der Waals surface area contributed by atoms with Gasteiger partial charge in [-0.15, -0.1) is 0 Å². The van der Waals surface area contributed by atoms with Crippen molar-refractivity contribution in [1.29, 1.82) is 0 Å². The highest BCUT2D eigenvalue weighted by Crippen LogP contribution is 2.25. The van der Waals surface area contributed by atoms with Gasteiger partial charge in [-0.05, 0) is 50.1 Å². The molecule has 0 unspecified atom stereocenters. The molecule has 192 valence electrons. The maximum Gasteiger partial charge on any atom is 0.244 e. The number of ether oxygens (including phenoxy) is 1. The lowest BCUT2D eigenvalue weighted by Crippen LogP contribution is -2.52. The number of benzene rings is 2. The standard InChI is InChI=1S/C24H31Cl2N3O5S/c1-6-16(2)27-24(31)17(3)28(14-18-10-11-19(25)12-22(18)26)23(30)15-29(35(5,32)33)20-8-7-9-21(13-20)34-4/h7-13,16-17H,6,14-15H2,1-5H3,(H,27,31)/t16-,17-/m0/s1. The van der Waals surface area contributed by atoms with Crippen molar-refractivity contribution >= 4 is 50.7 Å². The molecule has 0 heterocycles. The third-order valence-electron chi connectivity index (χ3n) is 5.54. The number of rotatable bonds is 11. The Morgan fingerprint density at radius 3 is 2.37 bits per heavy atom. The van der Waals surface area contributed by atoms with Crippen LogP contribution in [0.25, 0.3) is 0 Å². The molecule has 2 atom stereocenters. The second-order valence-electron chi connectivity index (χ2n) is 8.22. The van der Waals surface area contributed by atoms with E-state index in [4.69, 9.17) is 27.9 Å². The van der Waals surface area contributed by atoms with Gasteiger partial charge < -0.3 is 15.0 Å². The number of methoxy groups -OCH3 is 1. The Labute approximate surface area is 217 Å². The van der Waals surface area contributed by atoms with Crippen LogP contribution in [0.5, 0.6) is 5.75 Å². The second-order valence-corrected chi connectivity index (χ2v) is 11.0. The van der Waals surface area contributed by atoms with Crippen molar-refractivity contribution in [1.82, 2.24) is 10.2 Å². The molecular weight excluding hydrogens is 513 g/mol. The van der Waals surface area contributed by atoms with E-state index in [0.717, 1.165) is 10.6 Å². The number of hydrogen-bond acceptors (Lipinski definition) is 5. The summed E-state index contributed by atoms with van der Waals surface area (Å²) in [5, 5.41) is 3.63. The van der Waals surface area contributed by atoms with Crippen molar-refractivity contribution in [3.05, 3.63) is 58.1 Å². The van der Waals surface area contributed by atoms with Gasteiger partial charge in [0.25, 0.3) is 0 Å². The average Bonchev–Trinajstić information content (AvgIpc) is 2.80. The molecule has 0 saturated carbocycles. The van der Waals surface area contributed by atoms with Crippen molar-refractivity contribution < 1.29 is 22.7 Å². The highest BCUT2D eigenvalue weighted by atomic mass is 35.5. The number of carbonyl (C=O) groups excluding carboxylic acids is 2. The van der Waals surface area contributed by atoms with Crippen molar-refractivity contribution in [3.8, 4) is 5.75 Å². The molecule has 0 radical (unpaired) electrons. The maximum absolute atomic E-state index is 13.6. The van der Waals surface area contributed by atoms with E-state index in [9.17, 15) is 18.0 Å². The Kier molecular flexibility index (Phi) is 10.2. The molecule has 0 aliphatic rings. The van der Waals surface area contributed by atoms with Crippen LogP contribution in [-0.2, 0) is 26.2 Å². The fraction of sp³-hybridized carbons (Fsp3) is 0.417. The number of hydrogen-bond donors (Lipinski definition) is 1. The van der Waals surface area contributed by atoms with E-state index in [1.165, 1.54) is 18.1 Å². The van der Waals surface area contributed by atoms with Crippen molar-refractivity contribution in [3.63, 3.8) is 0 Å². The first-order valence-electron chi connectivity index (χ1n) is 11.0. The minimum atomic E-state index is -3.84. The molecule has 2 aromatic carbocycles. The Morgan fingerprint density at radius 2 is 1.80 bits per heavy atom. The third kappa shape index (κ3) is 8.02. The summed E-state index contributed by atoms with van der Waals surface area (Å²) in [6.45, 7) is 4.86. The monoisotopic (exact) mass is 543 g/mol. The lowest BCUT2D eigenvalue weighted by molar-refractivity contribution is -0.139. The Balaban J connectivity index is 2.43. The van der Waals surface area contributed by atoms with E-state index in [1.54, 1.807) is 43.3 Å². The largest absolute Gasteiger partial charge is 0.497 e. The van der Waals surface area contributed by atoms with Crippen molar-refractivity contribution in [2.45, 2.75) is 45.8 Å². The van der Waals surface area contributed by atoms with E-state index >= 15 is 0 Å². The van der Waals surface area contributed by atoms with Crippen LogP contribution in [0.1, 0.15) is 32.8 Å². The smallest absolute Gasteiger partial charge is 0.244 e. The summed E-state index contributed by atoms with van der Waals surface area (Å²) in [6, 6.07) is 10.2. The summed E-state index contributed by atoms with van der Waals surface area (Å²) in [7, 11) is -2.38. The molecule has 2 rings (SSSR count). The Morgan fingerprint density at radius 1 is 1.11 bits per heavy atom. The molecule has 8 nitrogen and oxygen atoms in total. The van der Waals surface area contributed by atoms with Crippen LogP contribution in [-0.4, -0.2) is 57.1 Å². The summed E-state index contributed by atoms with van der Waals surface area (Å²) >= 11 is 12.3. The number of carbonyl (C=O) groups is 2. The van der Waals surface area contributed by atoms with Crippen molar-refractivity contribution in [2.75, 3.05) is 24.2 Å². The molecule has 0 spiro atoms. The highest BCUT2D eigenvalue weighted by molar-refractivity contribution is 7.92. The van der Waals surface area contributed by atoms with Gasteiger partial charge in [-0.3, -0.25) is 13.9 Å². The average molecular weight is 545 g/mol. The molecule has 0 bridgehead atoms. The molecule has 2 aromatic rings. The van der Waals surface area contributed by atoms with Gasteiger partial charge in [0, 0.05) is 28.7 Å². The molecule has 0 aromatic heterocycles. The van der Waals surface area contributed by atoms with Gasteiger partial charge >= 0.3 is 0 Å². The summed E-state index contributed by atoms with van der Waals surface area (Å²) in [4.78, 5) is 27.8. The first-order valence-corrected chi connectivity index (χ1v) is 13.6. The normalized spacial score (nSPS) is 13.0. The molecule has 0 aliphatic heterocycles. The number of nitrogens with one attached hydrogen (secondary N) is 1. The Hall–Kier alpha value is -2.49. The molecule has 1 N–H and O–H groups in total. The third-order valence-corrected chi connectivity index (χ3v) is 7.27. The first kappa shape index (κ1) is 28.7. The molecule has 2 amide bonds. The SMILES string of the molecule is CC[C@H](C)NC(=O)[C@H](C)N(Cc1ccc(Cl)cc1Cl)C(=O)CN(c1cccc(OC)c1)S(C)(=O)=O. The molecule has 35 heavy (non-hydrogen) atoms. The van der Waals surface area contributed by atoms with E-state index in [0.29, 0.717) is 27.8 Å². The predicted molar refractivity (Wildman–Crippen MR) is 140 cm³/mol. The first-order chi connectivity index (χ1) is 16.4. The van der Waals surface area contributed by atoms with Gasteiger partial charge in [-0.1, -0.05) is 42.3 Å². The summed E-state index contributed by atoms with van der Waals surface area (Å²) in [6.07, 6.45) is 1.73. The Bertz CT molecular complexity index is 1160. The van der Waals surface area contributed by atoms with E-state index in [2.05, 4.69) is 5.32 Å². The van der Waals surface area contributed by atoms with Crippen molar-refractivity contribution in [2.24, 2.45) is 0 Å². The molecule has 0 saturated heterocycles. The summed E-state index contributed by atoms with van der Waals surface area (Å²) in [5.41, 5.74) is 0.835. The number of nitrogens with zero attached hydrogens (tertiary/aromatic N) is 2. The lowest BCUT2D eigenvalue weighted by atomic mass is 10.1. The lowest BCUT2D eigenvalue weighted by Gasteiger charge is -2.32. The summed E-state index contributed by atoms with van der Waals surface area (Å²) in [5.74, 6) is -0.490. The van der Waals surface area contributed by atoms with Gasteiger partial charge in [0.15, 0.2) is 0 Å². The van der Waals surface area contributed by atoms with Crippen LogP contribution in [0.3, 0.4) is 0 Å². The topological polar surface area (TPSA) is 96.0 Å².